The third kappa shape index (κ3) is 8.72. The van der Waals surface area contributed by atoms with Crippen LogP contribution in [-0.4, -0.2) is 11.7 Å². The van der Waals surface area contributed by atoms with Gasteiger partial charge in [-0.2, -0.15) is 5.48 Å². The molecule has 0 aromatic rings. The van der Waals surface area contributed by atoms with Crippen molar-refractivity contribution in [3.8, 4) is 0 Å². The Morgan fingerprint density at radius 2 is 2.08 bits per heavy atom. The number of ether oxygens (including phenoxy) is 1. The van der Waals surface area contributed by atoms with Crippen LogP contribution in [0, 0.1) is 0 Å². The van der Waals surface area contributed by atoms with E-state index in [9.17, 15) is 4.79 Å². The van der Waals surface area contributed by atoms with E-state index in [1.807, 2.05) is 6.92 Å². The maximum absolute atomic E-state index is 10.9. The van der Waals surface area contributed by atoms with Crippen LogP contribution < -0.4 is 5.48 Å². The van der Waals surface area contributed by atoms with Gasteiger partial charge in [0.05, 0.1) is 0 Å². The fraction of sp³-hybridized carbons (Fsp3) is 0.667. The average molecular weight is 187 g/mol. The topological polar surface area (TPSA) is 47.6 Å². The van der Waals surface area contributed by atoms with Gasteiger partial charge in [-0.25, -0.2) is 4.79 Å². The third-order valence-corrected chi connectivity index (χ3v) is 0.941. The van der Waals surface area contributed by atoms with Crippen molar-refractivity contribution in [2.75, 3.05) is 0 Å². The average Bonchev–Trinajstić information content (AvgIpc) is 1.94. The molecule has 0 aromatic heterocycles. The van der Waals surface area contributed by atoms with Crippen LogP contribution >= 0.6 is 0 Å². The minimum absolute atomic E-state index is 0.498. The van der Waals surface area contributed by atoms with E-state index in [1.165, 1.54) is 6.26 Å². The first kappa shape index (κ1) is 11.8. The van der Waals surface area contributed by atoms with Crippen LogP contribution in [0.1, 0.15) is 34.1 Å². The number of hydrogen-bond acceptors (Lipinski definition) is 3. The van der Waals surface area contributed by atoms with Crippen molar-refractivity contribution in [2.45, 2.75) is 39.7 Å². The summed E-state index contributed by atoms with van der Waals surface area (Å²) in [6.45, 7) is 7.32. The Kier molecular flexibility index (Phi) is 4.96. The molecule has 1 amide bonds. The predicted molar refractivity (Wildman–Crippen MR) is 49.9 cm³/mol. The predicted octanol–water partition coefficient (Wildman–Crippen LogP) is 2.37. The molecule has 0 spiro atoms. The molecule has 0 saturated heterocycles. The molecule has 0 saturated carbocycles. The SMILES string of the molecule is CC/C=C\ONC(=O)OC(C)(C)C. The van der Waals surface area contributed by atoms with Gasteiger partial charge in [-0.3, -0.25) is 0 Å². The standard InChI is InChI=1S/C9H17NO3/c1-5-6-7-12-10-8(11)13-9(2,3)4/h6-7H,5H2,1-4H3,(H,10,11)/b7-6-. The molecule has 0 rings (SSSR count). The summed E-state index contributed by atoms with van der Waals surface area (Å²) in [5.41, 5.74) is 1.63. The smallest absolute Gasteiger partial charge is 0.441 e. The first-order valence-electron chi connectivity index (χ1n) is 4.25. The summed E-state index contributed by atoms with van der Waals surface area (Å²) < 4.78 is 4.91. The van der Waals surface area contributed by atoms with E-state index in [0.717, 1.165) is 6.42 Å². The Balaban J connectivity index is 3.58. The van der Waals surface area contributed by atoms with E-state index in [-0.39, 0.29) is 0 Å². The molecule has 0 aliphatic carbocycles. The summed E-state index contributed by atoms with van der Waals surface area (Å²) in [5, 5.41) is 0. The summed E-state index contributed by atoms with van der Waals surface area (Å²) in [5.74, 6) is 0. The summed E-state index contributed by atoms with van der Waals surface area (Å²) in [4.78, 5) is 15.6. The molecule has 0 radical (unpaired) electrons. The summed E-state index contributed by atoms with van der Waals surface area (Å²) in [7, 11) is 0. The van der Waals surface area contributed by atoms with Gasteiger partial charge in [-0.05, 0) is 33.3 Å². The van der Waals surface area contributed by atoms with Gasteiger partial charge in [-0.1, -0.05) is 6.92 Å². The molecular weight excluding hydrogens is 170 g/mol. The van der Waals surface area contributed by atoms with Gasteiger partial charge in [0.1, 0.15) is 11.9 Å². The Hall–Kier alpha value is -1.19. The van der Waals surface area contributed by atoms with Crippen molar-refractivity contribution < 1.29 is 14.4 Å². The second-order valence-corrected chi connectivity index (χ2v) is 3.50. The van der Waals surface area contributed by atoms with Gasteiger partial charge >= 0.3 is 6.09 Å². The lowest BCUT2D eigenvalue weighted by Crippen LogP contribution is -2.31. The van der Waals surface area contributed by atoms with E-state index in [4.69, 9.17) is 4.74 Å². The zero-order valence-electron chi connectivity index (χ0n) is 8.59. The highest BCUT2D eigenvalue weighted by molar-refractivity contribution is 5.66. The van der Waals surface area contributed by atoms with E-state index in [0.29, 0.717) is 0 Å². The Bertz CT molecular complexity index is 182. The van der Waals surface area contributed by atoms with Crippen LogP contribution in [0.5, 0.6) is 0 Å². The number of hydroxylamine groups is 1. The third-order valence-electron chi connectivity index (χ3n) is 0.941. The van der Waals surface area contributed by atoms with Gasteiger partial charge in [0, 0.05) is 0 Å². The van der Waals surface area contributed by atoms with E-state index >= 15 is 0 Å². The second kappa shape index (κ2) is 5.45. The van der Waals surface area contributed by atoms with Crippen LogP contribution in [0.25, 0.3) is 0 Å². The molecule has 4 heteroatoms. The zero-order chi connectivity index (χ0) is 10.3. The normalized spacial score (nSPS) is 11.4. The minimum Gasteiger partial charge on any atom is -0.442 e. The fourth-order valence-electron chi connectivity index (χ4n) is 0.525. The Labute approximate surface area is 78.9 Å². The lowest BCUT2D eigenvalue weighted by molar-refractivity contribution is 0.0185. The number of rotatable bonds is 3. The Morgan fingerprint density at radius 1 is 1.46 bits per heavy atom. The van der Waals surface area contributed by atoms with Crippen molar-refractivity contribution in [1.29, 1.82) is 0 Å². The highest BCUT2D eigenvalue weighted by Crippen LogP contribution is 2.06. The lowest BCUT2D eigenvalue weighted by atomic mass is 10.2. The fourth-order valence-corrected chi connectivity index (χ4v) is 0.525. The van der Waals surface area contributed by atoms with Crippen LogP contribution in [0.15, 0.2) is 12.3 Å². The van der Waals surface area contributed by atoms with Crippen molar-refractivity contribution in [3.63, 3.8) is 0 Å². The molecule has 0 unspecified atom stereocenters. The van der Waals surface area contributed by atoms with Gasteiger partial charge in [0.25, 0.3) is 0 Å². The molecule has 0 aliphatic rings. The number of allylic oxidation sites excluding steroid dienone is 1. The second-order valence-electron chi connectivity index (χ2n) is 3.50. The minimum atomic E-state index is -0.590. The first-order chi connectivity index (χ1) is 5.95. The van der Waals surface area contributed by atoms with Crippen molar-refractivity contribution in [3.05, 3.63) is 12.3 Å². The van der Waals surface area contributed by atoms with Crippen LogP contribution in [0.4, 0.5) is 4.79 Å². The number of carbonyl (C=O) groups excluding carboxylic acids is 1. The monoisotopic (exact) mass is 187 g/mol. The zero-order valence-corrected chi connectivity index (χ0v) is 8.59. The quantitative estimate of drug-likeness (QED) is 0.545. The molecule has 13 heavy (non-hydrogen) atoms. The maximum Gasteiger partial charge on any atom is 0.441 e. The summed E-state index contributed by atoms with van der Waals surface area (Å²) in [6, 6.07) is 0. The molecule has 0 atom stereocenters. The van der Waals surface area contributed by atoms with Crippen LogP contribution in [-0.2, 0) is 9.57 Å². The largest absolute Gasteiger partial charge is 0.442 e. The number of nitrogens with one attached hydrogen (secondary N) is 1. The maximum atomic E-state index is 10.9. The van der Waals surface area contributed by atoms with Crippen LogP contribution in [0.2, 0.25) is 0 Å². The molecule has 0 heterocycles. The molecule has 0 aromatic carbocycles. The highest BCUT2D eigenvalue weighted by Gasteiger charge is 2.15. The number of amides is 1. The van der Waals surface area contributed by atoms with Gasteiger partial charge in [0.15, 0.2) is 0 Å². The molecule has 0 aliphatic heterocycles. The highest BCUT2D eigenvalue weighted by atomic mass is 16.7. The van der Waals surface area contributed by atoms with E-state index in [2.05, 4.69) is 10.3 Å². The molecule has 1 N–H and O–H groups in total. The van der Waals surface area contributed by atoms with Crippen molar-refractivity contribution in [2.24, 2.45) is 0 Å². The Morgan fingerprint density at radius 3 is 2.54 bits per heavy atom. The van der Waals surface area contributed by atoms with Gasteiger partial charge < -0.3 is 9.57 Å². The molecule has 4 nitrogen and oxygen atoms in total. The van der Waals surface area contributed by atoms with Gasteiger partial charge in [0.2, 0.25) is 0 Å². The first-order valence-corrected chi connectivity index (χ1v) is 4.25. The molecule has 0 bridgehead atoms. The van der Waals surface area contributed by atoms with Crippen molar-refractivity contribution >= 4 is 6.09 Å². The van der Waals surface area contributed by atoms with Crippen LogP contribution in [0.3, 0.4) is 0 Å². The summed E-state index contributed by atoms with van der Waals surface area (Å²) >= 11 is 0. The van der Waals surface area contributed by atoms with Crippen molar-refractivity contribution in [1.82, 2.24) is 5.48 Å². The lowest BCUT2D eigenvalue weighted by Gasteiger charge is -2.18. The van der Waals surface area contributed by atoms with E-state index in [1.54, 1.807) is 26.8 Å². The summed E-state index contributed by atoms with van der Waals surface area (Å²) in [6.07, 6.45) is 3.45. The van der Waals surface area contributed by atoms with Gasteiger partial charge in [-0.15, -0.1) is 0 Å². The molecular formula is C9H17NO3. The molecule has 0 fully saturated rings. The van der Waals surface area contributed by atoms with E-state index < -0.39 is 11.7 Å². The number of hydrogen-bond donors (Lipinski definition) is 1. The number of carbonyl (C=O) groups is 1. The molecule has 76 valence electrons.